The molecular formula is C46H28N4O. The molecule has 0 bridgehead atoms. The van der Waals surface area contributed by atoms with Crippen LogP contribution in [0.15, 0.2) is 174 Å². The fourth-order valence-electron chi connectivity index (χ4n) is 7.93. The van der Waals surface area contributed by atoms with Gasteiger partial charge in [0.1, 0.15) is 11.2 Å². The number of fused-ring (bicyclic) bond motifs is 11. The Bertz CT molecular complexity index is 3060. The highest BCUT2D eigenvalue weighted by atomic mass is 16.3. The molecule has 4 aromatic heterocycles. The van der Waals surface area contributed by atoms with E-state index in [1.165, 1.54) is 0 Å². The summed E-state index contributed by atoms with van der Waals surface area (Å²) in [6.45, 7) is 0. The fraction of sp³-hybridized carbons (Fsp3) is 0. The molecule has 51 heavy (non-hydrogen) atoms. The Morgan fingerprint density at radius 3 is 1.69 bits per heavy atom. The zero-order valence-corrected chi connectivity index (χ0v) is 27.4. The molecule has 0 aliphatic heterocycles. The van der Waals surface area contributed by atoms with Crippen LogP contribution in [0.3, 0.4) is 0 Å². The van der Waals surface area contributed by atoms with Gasteiger partial charge in [-0.05, 0) is 54.6 Å². The predicted octanol–water partition coefficient (Wildman–Crippen LogP) is 11.9. The quantitative estimate of drug-likeness (QED) is 0.190. The van der Waals surface area contributed by atoms with Gasteiger partial charge < -0.3 is 8.98 Å². The highest BCUT2D eigenvalue weighted by Crippen LogP contribution is 2.45. The minimum atomic E-state index is 0.606. The van der Waals surface area contributed by atoms with Crippen molar-refractivity contribution < 1.29 is 4.42 Å². The molecule has 0 saturated carbocycles. The summed E-state index contributed by atoms with van der Waals surface area (Å²) in [5.41, 5.74) is 10.9. The molecule has 11 rings (SSSR count). The van der Waals surface area contributed by atoms with E-state index in [4.69, 9.17) is 14.4 Å². The molecule has 238 valence electrons. The van der Waals surface area contributed by atoms with Crippen LogP contribution in [-0.4, -0.2) is 19.1 Å². The van der Waals surface area contributed by atoms with E-state index in [1.807, 2.05) is 24.3 Å². The minimum absolute atomic E-state index is 0.606. The monoisotopic (exact) mass is 652 g/mol. The standard InChI is InChI=1S/C46H28N4O/c1-4-14-29(15-5-1)36-28-37(30-16-6-2-7-17-30)48-46(47-36)50-40-26-24-33-32-20-11-13-23-41(32)51-45(33)43(40)35-25-27-39-42(44(35)50)34-21-10-12-22-38(34)49(39)31-18-8-3-9-19-31/h1-28H. The molecule has 7 aromatic carbocycles. The summed E-state index contributed by atoms with van der Waals surface area (Å²) in [6, 6.07) is 59.3. The highest BCUT2D eigenvalue weighted by molar-refractivity contribution is 6.30. The summed E-state index contributed by atoms with van der Waals surface area (Å²) in [5, 5.41) is 6.63. The van der Waals surface area contributed by atoms with Gasteiger partial charge in [0, 0.05) is 43.7 Å². The molecule has 0 fully saturated rings. The average molecular weight is 653 g/mol. The Balaban J connectivity index is 1.36. The molecule has 0 unspecified atom stereocenters. The van der Waals surface area contributed by atoms with E-state index in [0.717, 1.165) is 93.8 Å². The largest absolute Gasteiger partial charge is 0.455 e. The van der Waals surface area contributed by atoms with Gasteiger partial charge in [-0.1, -0.05) is 115 Å². The first-order valence-electron chi connectivity index (χ1n) is 17.2. The zero-order chi connectivity index (χ0) is 33.5. The molecule has 0 aliphatic carbocycles. The van der Waals surface area contributed by atoms with Crippen molar-refractivity contribution in [3.63, 3.8) is 0 Å². The number of para-hydroxylation sites is 3. The molecule has 11 aromatic rings. The van der Waals surface area contributed by atoms with Crippen LogP contribution in [0, 0.1) is 0 Å². The van der Waals surface area contributed by atoms with Crippen molar-refractivity contribution in [3.8, 4) is 34.2 Å². The maximum atomic E-state index is 6.72. The van der Waals surface area contributed by atoms with Crippen molar-refractivity contribution in [1.29, 1.82) is 0 Å². The predicted molar refractivity (Wildman–Crippen MR) is 209 cm³/mol. The number of nitrogens with zero attached hydrogens (tertiary/aromatic N) is 4. The SMILES string of the molecule is c1ccc(-c2cc(-c3ccccc3)nc(-n3c4ccc5c6ccccc6oc5c4c4ccc5c(c6ccccc6n5-c5ccccc5)c43)n2)cc1. The van der Waals surface area contributed by atoms with Crippen molar-refractivity contribution >= 4 is 65.6 Å². The summed E-state index contributed by atoms with van der Waals surface area (Å²) in [5.74, 6) is 0.606. The van der Waals surface area contributed by atoms with Gasteiger partial charge in [0.2, 0.25) is 5.95 Å². The Hall–Kier alpha value is -6.98. The smallest absolute Gasteiger partial charge is 0.235 e. The third-order valence-electron chi connectivity index (χ3n) is 10.1. The fourth-order valence-corrected chi connectivity index (χ4v) is 7.93. The Morgan fingerprint density at radius 1 is 0.412 bits per heavy atom. The van der Waals surface area contributed by atoms with Crippen LogP contribution < -0.4 is 0 Å². The molecule has 0 aliphatic rings. The third-order valence-corrected chi connectivity index (χ3v) is 10.1. The second kappa shape index (κ2) is 10.8. The maximum Gasteiger partial charge on any atom is 0.235 e. The van der Waals surface area contributed by atoms with Crippen LogP contribution >= 0.6 is 0 Å². The number of aromatic nitrogens is 4. The molecular weight excluding hydrogens is 625 g/mol. The lowest BCUT2D eigenvalue weighted by Crippen LogP contribution is -2.04. The lowest BCUT2D eigenvalue weighted by atomic mass is 10.1. The van der Waals surface area contributed by atoms with Gasteiger partial charge >= 0.3 is 0 Å². The summed E-state index contributed by atoms with van der Waals surface area (Å²) in [4.78, 5) is 10.7. The number of furan rings is 1. The van der Waals surface area contributed by atoms with E-state index in [9.17, 15) is 0 Å². The van der Waals surface area contributed by atoms with Gasteiger partial charge in [-0.25, -0.2) is 9.97 Å². The molecule has 0 amide bonds. The summed E-state index contributed by atoms with van der Waals surface area (Å²) < 4.78 is 11.3. The van der Waals surface area contributed by atoms with E-state index in [2.05, 4.69) is 155 Å². The zero-order valence-electron chi connectivity index (χ0n) is 27.4. The van der Waals surface area contributed by atoms with E-state index < -0.39 is 0 Å². The van der Waals surface area contributed by atoms with Gasteiger partial charge in [-0.2, -0.15) is 0 Å². The first-order chi connectivity index (χ1) is 25.3. The Morgan fingerprint density at radius 2 is 0.980 bits per heavy atom. The van der Waals surface area contributed by atoms with Crippen molar-refractivity contribution in [2.75, 3.05) is 0 Å². The molecule has 4 heterocycles. The van der Waals surface area contributed by atoms with Crippen LogP contribution in [0.1, 0.15) is 0 Å². The average Bonchev–Trinajstić information content (AvgIpc) is 3.86. The lowest BCUT2D eigenvalue weighted by Gasteiger charge is -2.12. The first-order valence-corrected chi connectivity index (χ1v) is 17.2. The minimum Gasteiger partial charge on any atom is -0.455 e. The second-order valence-corrected chi connectivity index (χ2v) is 13.0. The van der Waals surface area contributed by atoms with E-state index >= 15 is 0 Å². The molecule has 0 spiro atoms. The second-order valence-electron chi connectivity index (χ2n) is 13.0. The Labute approximate surface area is 292 Å². The molecule has 0 N–H and O–H groups in total. The summed E-state index contributed by atoms with van der Waals surface area (Å²) >= 11 is 0. The highest BCUT2D eigenvalue weighted by Gasteiger charge is 2.25. The summed E-state index contributed by atoms with van der Waals surface area (Å²) in [7, 11) is 0. The van der Waals surface area contributed by atoms with Crippen molar-refractivity contribution in [2.24, 2.45) is 0 Å². The van der Waals surface area contributed by atoms with Crippen molar-refractivity contribution in [3.05, 3.63) is 170 Å². The van der Waals surface area contributed by atoms with Gasteiger partial charge in [-0.15, -0.1) is 0 Å². The lowest BCUT2D eigenvalue weighted by molar-refractivity contribution is 0.673. The van der Waals surface area contributed by atoms with Gasteiger partial charge in [-0.3, -0.25) is 4.57 Å². The van der Waals surface area contributed by atoms with Gasteiger partial charge in [0.25, 0.3) is 0 Å². The van der Waals surface area contributed by atoms with Crippen LogP contribution in [0.2, 0.25) is 0 Å². The Kier molecular flexibility index (Phi) is 5.89. The van der Waals surface area contributed by atoms with Crippen LogP contribution in [0.4, 0.5) is 0 Å². The van der Waals surface area contributed by atoms with Crippen molar-refractivity contribution in [1.82, 2.24) is 19.1 Å². The van der Waals surface area contributed by atoms with Crippen molar-refractivity contribution in [2.45, 2.75) is 0 Å². The van der Waals surface area contributed by atoms with Crippen LogP contribution in [0.5, 0.6) is 0 Å². The molecule has 5 nitrogen and oxygen atoms in total. The number of benzene rings is 7. The number of hydrogen-bond acceptors (Lipinski definition) is 3. The molecule has 5 heteroatoms. The molecule has 0 atom stereocenters. The molecule has 0 radical (unpaired) electrons. The van der Waals surface area contributed by atoms with E-state index in [0.29, 0.717) is 5.95 Å². The number of rotatable bonds is 4. The van der Waals surface area contributed by atoms with Gasteiger partial charge in [0.05, 0.1) is 38.8 Å². The van der Waals surface area contributed by atoms with Gasteiger partial charge in [0.15, 0.2) is 0 Å². The maximum absolute atomic E-state index is 6.72. The van der Waals surface area contributed by atoms with E-state index in [-0.39, 0.29) is 0 Å². The van der Waals surface area contributed by atoms with Crippen LogP contribution in [-0.2, 0) is 0 Å². The first kappa shape index (κ1) is 27.9. The third kappa shape index (κ3) is 4.09. The molecule has 0 saturated heterocycles. The summed E-state index contributed by atoms with van der Waals surface area (Å²) in [6.07, 6.45) is 0. The normalized spacial score (nSPS) is 11.9. The van der Waals surface area contributed by atoms with Crippen LogP contribution in [0.25, 0.3) is 99.7 Å². The van der Waals surface area contributed by atoms with E-state index in [1.54, 1.807) is 0 Å². The number of hydrogen-bond donors (Lipinski definition) is 0. The topological polar surface area (TPSA) is 48.8 Å².